The third kappa shape index (κ3) is 3.30. The first-order valence-electron chi connectivity index (χ1n) is 7.45. The van der Waals surface area contributed by atoms with Crippen molar-refractivity contribution in [2.75, 3.05) is 25.4 Å². The molecule has 1 aliphatic rings. The van der Waals surface area contributed by atoms with Crippen LogP contribution >= 0.6 is 0 Å². The fourth-order valence-electron chi connectivity index (χ4n) is 2.73. The van der Waals surface area contributed by atoms with E-state index in [4.69, 9.17) is 5.73 Å². The molecule has 0 saturated carbocycles. The highest BCUT2D eigenvalue weighted by molar-refractivity contribution is 5.30. The summed E-state index contributed by atoms with van der Waals surface area (Å²) in [5.41, 5.74) is 5.26. The van der Waals surface area contributed by atoms with Crippen LogP contribution in [0.2, 0.25) is 0 Å². The Morgan fingerprint density at radius 3 is 2.50 bits per heavy atom. The zero-order valence-corrected chi connectivity index (χ0v) is 12.2. The van der Waals surface area contributed by atoms with Gasteiger partial charge >= 0.3 is 5.69 Å². The van der Waals surface area contributed by atoms with E-state index in [1.807, 2.05) is 6.92 Å². The Hall–Kier alpha value is -1.56. The minimum Gasteiger partial charge on any atom is -0.393 e. The lowest BCUT2D eigenvalue weighted by Gasteiger charge is -2.15. The van der Waals surface area contributed by atoms with Crippen molar-refractivity contribution in [3.63, 3.8) is 0 Å². The van der Waals surface area contributed by atoms with Gasteiger partial charge in [0.2, 0.25) is 0 Å². The van der Waals surface area contributed by atoms with Crippen molar-refractivity contribution < 1.29 is 0 Å². The van der Waals surface area contributed by atoms with Crippen LogP contribution in [0.3, 0.4) is 0 Å². The van der Waals surface area contributed by atoms with Crippen molar-refractivity contribution in [1.29, 1.82) is 0 Å². The van der Waals surface area contributed by atoms with E-state index in [1.54, 1.807) is 0 Å². The van der Waals surface area contributed by atoms with Crippen LogP contribution in [0.25, 0.3) is 0 Å². The Morgan fingerprint density at radius 1 is 1.15 bits per heavy atom. The van der Waals surface area contributed by atoms with Gasteiger partial charge in [-0.2, -0.15) is 0 Å². The molecule has 2 N–H and O–H groups in total. The Labute approximate surface area is 118 Å². The molecule has 6 nitrogen and oxygen atoms in total. The van der Waals surface area contributed by atoms with E-state index in [1.165, 1.54) is 28.2 Å². The van der Waals surface area contributed by atoms with Gasteiger partial charge in [0.1, 0.15) is 5.69 Å². The number of nitrogens with two attached hydrogens (primary N) is 1. The second kappa shape index (κ2) is 6.74. The summed E-state index contributed by atoms with van der Waals surface area (Å²) in [6, 6.07) is 0. The first-order valence-corrected chi connectivity index (χ1v) is 7.45. The maximum atomic E-state index is 12.2. The van der Waals surface area contributed by atoms with Gasteiger partial charge in [-0.15, -0.1) is 0 Å². The first kappa shape index (κ1) is 14.8. The van der Waals surface area contributed by atoms with Crippen LogP contribution in [0, 0.1) is 0 Å². The highest BCUT2D eigenvalue weighted by Gasteiger charge is 2.12. The molecular formula is C14H24N4O2. The summed E-state index contributed by atoms with van der Waals surface area (Å²) >= 11 is 0. The number of anilines is 1. The van der Waals surface area contributed by atoms with E-state index in [0.29, 0.717) is 13.1 Å². The maximum absolute atomic E-state index is 12.2. The Morgan fingerprint density at radius 2 is 1.85 bits per heavy atom. The molecule has 0 bridgehead atoms. The maximum Gasteiger partial charge on any atom is 0.331 e. The predicted molar refractivity (Wildman–Crippen MR) is 80.0 cm³/mol. The minimum atomic E-state index is -0.358. The molecule has 1 aromatic rings. The molecule has 1 aromatic heterocycles. The summed E-state index contributed by atoms with van der Waals surface area (Å²) in [6.45, 7) is 6.23. The molecule has 0 amide bonds. The summed E-state index contributed by atoms with van der Waals surface area (Å²) < 4.78 is 2.81. The third-order valence-corrected chi connectivity index (χ3v) is 3.78. The van der Waals surface area contributed by atoms with Crippen LogP contribution in [0.5, 0.6) is 0 Å². The van der Waals surface area contributed by atoms with Gasteiger partial charge in [-0.1, -0.05) is 6.92 Å². The van der Waals surface area contributed by atoms with Gasteiger partial charge < -0.3 is 10.6 Å². The lowest BCUT2D eigenvalue weighted by atomic mass is 10.3. The van der Waals surface area contributed by atoms with E-state index in [-0.39, 0.29) is 16.9 Å². The van der Waals surface area contributed by atoms with E-state index >= 15 is 0 Å². The molecule has 0 spiro atoms. The summed E-state index contributed by atoms with van der Waals surface area (Å²) in [6.07, 6.45) is 5.62. The summed E-state index contributed by atoms with van der Waals surface area (Å²) in [5.74, 6) is 0. The van der Waals surface area contributed by atoms with Crippen LogP contribution < -0.4 is 17.0 Å². The molecule has 0 radical (unpaired) electrons. The fraction of sp³-hybridized carbons (Fsp3) is 0.714. The number of hydrogen-bond donors (Lipinski definition) is 1. The van der Waals surface area contributed by atoms with Gasteiger partial charge in [0.05, 0.1) is 0 Å². The van der Waals surface area contributed by atoms with Crippen LogP contribution in [-0.2, 0) is 13.1 Å². The smallest absolute Gasteiger partial charge is 0.331 e. The topological polar surface area (TPSA) is 73.3 Å². The zero-order chi connectivity index (χ0) is 14.5. The van der Waals surface area contributed by atoms with Gasteiger partial charge in [0.25, 0.3) is 5.56 Å². The molecule has 1 aliphatic heterocycles. The molecule has 0 unspecified atom stereocenters. The quantitative estimate of drug-likeness (QED) is 0.823. The van der Waals surface area contributed by atoms with Crippen molar-refractivity contribution in [3.05, 3.63) is 27.0 Å². The Kier molecular flexibility index (Phi) is 5.00. The molecule has 20 heavy (non-hydrogen) atoms. The SMILES string of the molecule is CCCn1cc(N)c(=O)n(CCCN2CCCC2)c1=O. The fourth-order valence-corrected chi connectivity index (χ4v) is 2.73. The highest BCUT2D eigenvalue weighted by atomic mass is 16.2. The molecule has 0 aliphatic carbocycles. The zero-order valence-electron chi connectivity index (χ0n) is 12.2. The van der Waals surface area contributed by atoms with Crippen molar-refractivity contribution in [2.45, 2.75) is 45.7 Å². The molecule has 1 saturated heterocycles. The van der Waals surface area contributed by atoms with Gasteiger partial charge in [0.15, 0.2) is 0 Å². The lowest BCUT2D eigenvalue weighted by Crippen LogP contribution is -2.41. The molecule has 2 heterocycles. The molecule has 112 valence electrons. The monoisotopic (exact) mass is 280 g/mol. The van der Waals surface area contributed by atoms with Crippen LogP contribution in [0.15, 0.2) is 15.8 Å². The van der Waals surface area contributed by atoms with Crippen molar-refractivity contribution in [2.24, 2.45) is 0 Å². The lowest BCUT2D eigenvalue weighted by molar-refractivity contribution is 0.322. The normalized spacial score (nSPS) is 15.8. The predicted octanol–water partition coefficient (Wildman–Crippen LogP) is 0.488. The molecule has 1 fully saturated rings. The highest BCUT2D eigenvalue weighted by Crippen LogP contribution is 2.07. The van der Waals surface area contributed by atoms with Gasteiger partial charge in [-0.3, -0.25) is 13.9 Å². The van der Waals surface area contributed by atoms with Crippen molar-refractivity contribution in [3.8, 4) is 0 Å². The van der Waals surface area contributed by atoms with Crippen LogP contribution in [0.4, 0.5) is 5.69 Å². The second-order valence-corrected chi connectivity index (χ2v) is 5.42. The molecule has 2 rings (SSSR count). The summed E-state index contributed by atoms with van der Waals surface area (Å²) in [5, 5.41) is 0. The summed E-state index contributed by atoms with van der Waals surface area (Å²) in [7, 11) is 0. The third-order valence-electron chi connectivity index (χ3n) is 3.78. The number of likely N-dealkylation sites (tertiary alicyclic amines) is 1. The van der Waals surface area contributed by atoms with Crippen LogP contribution in [0.1, 0.15) is 32.6 Å². The number of rotatable bonds is 6. The molecular weight excluding hydrogens is 256 g/mol. The van der Waals surface area contributed by atoms with Crippen LogP contribution in [-0.4, -0.2) is 33.7 Å². The number of hydrogen-bond acceptors (Lipinski definition) is 4. The average molecular weight is 280 g/mol. The van der Waals surface area contributed by atoms with Gasteiger partial charge in [-0.05, 0) is 45.3 Å². The molecule has 6 heteroatoms. The first-order chi connectivity index (χ1) is 9.63. The minimum absolute atomic E-state index is 0.152. The Balaban J connectivity index is 2.09. The van der Waals surface area contributed by atoms with Gasteiger partial charge in [-0.25, -0.2) is 4.79 Å². The second-order valence-electron chi connectivity index (χ2n) is 5.42. The van der Waals surface area contributed by atoms with E-state index in [9.17, 15) is 9.59 Å². The van der Waals surface area contributed by atoms with Crippen molar-refractivity contribution in [1.82, 2.24) is 14.0 Å². The summed E-state index contributed by atoms with van der Waals surface area (Å²) in [4.78, 5) is 26.6. The van der Waals surface area contributed by atoms with Gasteiger partial charge in [0, 0.05) is 19.3 Å². The number of aryl methyl sites for hydroxylation is 1. The Bertz CT molecular complexity index is 555. The molecule has 0 atom stereocenters. The van der Waals surface area contributed by atoms with E-state index in [2.05, 4.69) is 4.90 Å². The average Bonchev–Trinajstić information content (AvgIpc) is 2.93. The molecule has 0 aromatic carbocycles. The van der Waals surface area contributed by atoms with E-state index < -0.39 is 0 Å². The van der Waals surface area contributed by atoms with Crippen molar-refractivity contribution >= 4 is 5.69 Å². The number of aromatic nitrogens is 2. The van der Waals surface area contributed by atoms with E-state index in [0.717, 1.165) is 32.5 Å². The number of nitrogens with zero attached hydrogens (tertiary/aromatic N) is 3. The standard InChI is InChI=1S/C14H24N4O2/c1-2-6-17-11-12(15)13(19)18(14(17)20)10-5-9-16-7-3-4-8-16/h11H,2-10,15H2,1H3. The number of nitrogen functional groups attached to an aromatic ring is 1. The largest absolute Gasteiger partial charge is 0.393 e.